The van der Waals surface area contributed by atoms with Crippen molar-refractivity contribution in [2.75, 3.05) is 17.6 Å². The molecule has 0 aliphatic heterocycles. The summed E-state index contributed by atoms with van der Waals surface area (Å²) in [6, 6.07) is 3.81. The van der Waals surface area contributed by atoms with Gasteiger partial charge in [-0.2, -0.15) is 13.2 Å². The number of nitrogens with one attached hydrogen (secondary N) is 1. The largest absolute Gasteiger partial charge is 0.441 e. The zero-order chi connectivity index (χ0) is 13.1. The lowest BCUT2D eigenvalue weighted by atomic mass is 10.2. The number of hydrogen-bond acceptors (Lipinski definition) is 2. The third-order valence-corrected chi connectivity index (χ3v) is 3.84. The smallest absolute Gasteiger partial charge is 0.382 e. The van der Waals surface area contributed by atoms with Gasteiger partial charge in [0.1, 0.15) is 0 Å². The second kappa shape index (κ2) is 6.33. The van der Waals surface area contributed by atoms with E-state index < -0.39 is 5.51 Å². The average molecular weight is 393 g/mol. The van der Waals surface area contributed by atoms with Crippen LogP contribution in [0.1, 0.15) is 5.56 Å². The lowest BCUT2D eigenvalue weighted by Gasteiger charge is -2.12. The molecule has 1 aromatic rings. The van der Waals surface area contributed by atoms with Crippen molar-refractivity contribution in [2.45, 2.75) is 12.4 Å². The van der Waals surface area contributed by atoms with E-state index >= 15 is 0 Å². The Kier molecular flexibility index (Phi) is 5.66. The van der Waals surface area contributed by atoms with Gasteiger partial charge < -0.3 is 5.32 Å². The normalized spacial score (nSPS) is 11.6. The first-order valence-corrected chi connectivity index (χ1v) is 7.27. The van der Waals surface area contributed by atoms with Crippen LogP contribution in [-0.2, 0) is 0 Å². The Balaban J connectivity index is 2.53. The number of benzene rings is 1. The summed E-state index contributed by atoms with van der Waals surface area (Å²) in [5.74, 6) is -0.0176. The third-order valence-electron chi connectivity index (χ3n) is 1.86. The van der Waals surface area contributed by atoms with E-state index in [1.165, 1.54) is 0 Å². The summed E-state index contributed by atoms with van der Waals surface area (Å²) in [7, 11) is 0. The van der Waals surface area contributed by atoms with Crippen molar-refractivity contribution in [3.63, 3.8) is 0 Å². The van der Waals surface area contributed by atoms with Crippen molar-refractivity contribution in [3.05, 3.63) is 26.6 Å². The van der Waals surface area contributed by atoms with Crippen LogP contribution in [0, 0.1) is 6.92 Å². The van der Waals surface area contributed by atoms with Gasteiger partial charge in [-0.3, -0.25) is 0 Å². The van der Waals surface area contributed by atoms with Crippen molar-refractivity contribution < 1.29 is 13.2 Å². The highest BCUT2D eigenvalue weighted by molar-refractivity contribution is 9.11. The first-order chi connectivity index (χ1) is 7.79. The lowest BCUT2D eigenvalue weighted by molar-refractivity contribution is -0.0327. The molecule has 0 radical (unpaired) electrons. The van der Waals surface area contributed by atoms with Crippen molar-refractivity contribution in [3.8, 4) is 0 Å². The standard InChI is InChI=1S/C10H10Br2F3NS/c1-6-4-7(11)9(8(12)5-6)16-2-3-17-10(13,14)15/h4-5,16H,2-3H2,1H3. The van der Waals surface area contributed by atoms with Gasteiger partial charge in [-0.25, -0.2) is 0 Å². The molecular formula is C10H10Br2F3NS. The van der Waals surface area contributed by atoms with Crippen LogP contribution < -0.4 is 5.32 Å². The zero-order valence-corrected chi connectivity index (χ0v) is 12.9. The molecule has 0 aliphatic carbocycles. The summed E-state index contributed by atoms with van der Waals surface area (Å²) >= 11 is 6.71. The number of alkyl halides is 3. The molecule has 0 fully saturated rings. The van der Waals surface area contributed by atoms with E-state index in [2.05, 4.69) is 37.2 Å². The van der Waals surface area contributed by atoms with Crippen molar-refractivity contribution >= 4 is 49.3 Å². The Hall–Kier alpha value is 0.120. The van der Waals surface area contributed by atoms with E-state index in [9.17, 15) is 13.2 Å². The van der Waals surface area contributed by atoms with E-state index in [0.29, 0.717) is 0 Å². The number of halogens is 5. The molecule has 0 heterocycles. The fraction of sp³-hybridized carbons (Fsp3) is 0.400. The molecule has 7 heteroatoms. The zero-order valence-electron chi connectivity index (χ0n) is 8.87. The Labute approximate surface area is 119 Å². The van der Waals surface area contributed by atoms with Crippen LogP contribution in [0.2, 0.25) is 0 Å². The fourth-order valence-electron chi connectivity index (χ4n) is 1.21. The lowest BCUT2D eigenvalue weighted by Crippen LogP contribution is -2.10. The van der Waals surface area contributed by atoms with Crippen LogP contribution in [-0.4, -0.2) is 17.8 Å². The van der Waals surface area contributed by atoms with Crippen LogP contribution in [0.3, 0.4) is 0 Å². The molecule has 96 valence electrons. The van der Waals surface area contributed by atoms with Crippen molar-refractivity contribution in [2.24, 2.45) is 0 Å². The molecule has 1 rings (SSSR count). The molecule has 0 amide bonds. The predicted molar refractivity (Wildman–Crippen MR) is 73.6 cm³/mol. The number of aryl methyl sites for hydroxylation is 1. The average Bonchev–Trinajstić information content (AvgIpc) is 2.13. The van der Waals surface area contributed by atoms with Gasteiger partial charge in [-0.05, 0) is 68.2 Å². The Morgan fingerprint density at radius 1 is 1.24 bits per heavy atom. The molecule has 0 spiro atoms. The van der Waals surface area contributed by atoms with Gasteiger partial charge in [0.2, 0.25) is 0 Å². The second-order valence-electron chi connectivity index (χ2n) is 3.32. The third kappa shape index (κ3) is 5.52. The Morgan fingerprint density at radius 3 is 2.24 bits per heavy atom. The van der Waals surface area contributed by atoms with E-state index in [1.807, 2.05) is 19.1 Å². The molecule has 0 saturated heterocycles. The minimum Gasteiger partial charge on any atom is -0.382 e. The molecule has 0 saturated carbocycles. The Bertz CT molecular complexity index is 373. The number of anilines is 1. The molecule has 1 N–H and O–H groups in total. The highest BCUT2D eigenvalue weighted by atomic mass is 79.9. The molecule has 1 aromatic carbocycles. The van der Waals surface area contributed by atoms with Gasteiger partial charge in [-0.1, -0.05) is 0 Å². The van der Waals surface area contributed by atoms with Gasteiger partial charge in [0.15, 0.2) is 0 Å². The molecule has 0 aromatic heterocycles. The maximum atomic E-state index is 11.9. The van der Waals surface area contributed by atoms with E-state index in [0.717, 1.165) is 20.2 Å². The minimum atomic E-state index is -4.16. The van der Waals surface area contributed by atoms with Gasteiger partial charge in [0.25, 0.3) is 0 Å². The molecule has 17 heavy (non-hydrogen) atoms. The van der Waals surface area contributed by atoms with Gasteiger partial charge >= 0.3 is 5.51 Å². The monoisotopic (exact) mass is 391 g/mol. The quantitative estimate of drug-likeness (QED) is 0.708. The highest BCUT2D eigenvalue weighted by Gasteiger charge is 2.27. The maximum Gasteiger partial charge on any atom is 0.441 e. The van der Waals surface area contributed by atoms with E-state index in [4.69, 9.17) is 0 Å². The summed E-state index contributed by atoms with van der Waals surface area (Å²) in [6.07, 6.45) is 0. The second-order valence-corrected chi connectivity index (χ2v) is 6.19. The van der Waals surface area contributed by atoms with Crippen molar-refractivity contribution in [1.82, 2.24) is 0 Å². The topological polar surface area (TPSA) is 12.0 Å². The van der Waals surface area contributed by atoms with Crippen LogP contribution in [0.5, 0.6) is 0 Å². The van der Waals surface area contributed by atoms with Crippen LogP contribution in [0.15, 0.2) is 21.1 Å². The van der Waals surface area contributed by atoms with Crippen LogP contribution in [0.25, 0.3) is 0 Å². The molecule has 0 unspecified atom stereocenters. The molecule has 0 aliphatic rings. The molecule has 1 nitrogen and oxygen atoms in total. The van der Waals surface area contributed by atoms with E-state index in [1.54, 1.807) is 0 Å². The van der Waals surface area contributed by atoms with Gasteiger partial charge in [0, 0.05) is 21.2 Å². The van der Waals surface area contributed by atoms with Crippen LogP contribution >= 0.6 is 43.6 Å². The first-order valence-electron chi connectivity index (χ1n) is 4.70. The first kappa shape index (κ1) is 15.2. The highest BCUT2D eigenvalue weighted by Crippen LogP contribution is 2.33. The molecule has 0 atom stereocenters. The minimum absolute atomic E-state index is 0.0176. The van der Waals surface area contributed by atoms with Gasteiger partial charge in [-0.15, -0.1) is 0 Å². The van der Waals surface area contributed by atoms with Crippen molar-refractivity contribution in [1.29, 1.82) is 0 Å². The summed E-state index contributed by atoms with van der Waals surface area (Å²) in [5, 5.41) is 2.97. The van der Waals surface area contributed by atoms with Gasteiger partial charge in [0.05, 0.1) is 5.69 Å². The molecular weight excluding hydrogens is 383 g/mol. The van der Waals surface area contributed by atoms with E-state index in [-0.39, 0.29) is 24.1 Å². The number of hydrogen-bond donors (Lipinski definition) is 1. The summed E-state index contributed by atoms with van der Waals surface area (Å²) in [6.45, 7) is 2.20. The molecule has 0 bridgehead atoms. The predicted octanol–water partition coefficient (Wildman–Crippen LogP) is 5.18. The SMILES string of the molecule is Cc1cc(Br)c(NCCSC(F)(F)F)c(Br)c1. The number of thioether (sulfide) groups is 1. The fourth-order valence-corrected chi connectivity index (χ4v) is 3.34. The summed E-state index contributed by atoms with van der Waals surface area (Å²) < 4.78 is 37.4. The Morgan fingerprint density at radius 2 is 1.76 bits per heavy atom. The summed E-state index contributed by atoms with van der Waals surface area (Å²) in [5.41, 5.74) is -2.32. The maximum absolute atomic E-state index is 11.9. The number of rotatable bonds is 4. The van der Waals surface area contributed by atoms with Crippen LogP contribution in [0.4, 0.5) is 18.9 Å². The summed E-state index contributed by atoms with van der Waals surface area (Å²) in [4.78, 5) is 0.